The van der Waals surface area contributed by atoms with Gasteiger partial charge in [0.05, 0.1) is 11.8 Å². The molecular formula is C22H26N2O5. The zero-order chi connectivity index (χ0) is 20.7. The van der Waals surface area contributed by atoms with Gasteiger partial charge in [-0.3, -0.25) is 19.3 Å². The Hall–Kier alpha value is -2.70. The molecule has 2 bridgehead atoms. The van der Waals surface area contributed by atoms with Gasteiger partial charge in [0.2, 0.25) is 11.8 Å². The number of imide groups is 1. The van der Waals surface area contributed by atoms with Crippen LogP contribution < -0.4 is 5.32 Å². The topological polar surface area (TPSA) is 92.8 Å². The summed E-state index contributed by atoms with van der Waals surface area (Å²) in [6.07, 6.45) is 3.67. The van der Waals surface area contributed by atoms with E-state index in [0.29, 0.717) is 5.69 Å². The molecule has 0 radical (unpaired) electrons. The van der Waals surface area contributed by atoms with Gasteiger partial charge in [-0.2, -0.15) is 0 Å². The molecule has 7 nitrogen and oxygen atoms in total. The van der Waals surface area contributed by atoms with Crippen molar-refractivity contribution in [3.05, 3.63) is 29.8 Å². The number of nitrogens with one attached hydrogen (secondary N) is 1. The maximum atomic E-state index is 12.8. The van der Waals surface area contributed by atoms with Crippen LogP contribution in [0.3, 0.4) is 0 Å². The third kappa shape index (κ3) is 3.32. The van der Waals surface area contributed by atoms with Gasteiger partial charge >= 0.3 is 5.97 Å². The molecule has 7 heteroatoms. The second kappa shape index (κ2) is 7.61. The third-order valence-electron chi connectivity index (χ3n) is 6.71. The fraction of sp³-hybridized carbons (Fsp3) is 0.545. The molecule has 1 aliphatic heterocycles. The molecule has 4 rings (SSSR count). The summed E-state index contributed by atoms with van der Waals surface area (Å²) in [5, 5.41) is 2.73. The van der Waals surface area contributed by atoms with Crippen molar-refractivity contribution >= 4 is 29.4 Å². The molecule has 29 heavy (non-hydrogen) atoms. The zero-order valence-corrected chi connectivity index (χ0v) is 16.7. The summed E-state index contributed by atoms with van der Waals surface area (Å²) in [6, 6.07) is 6.39. The second-order valence-electron chi connectivity index (χ2n) is 8.27. The Morgan fingerprint density at radius 3 is 2.38 bits per heavy atom. The largest absolute Gasteiger partial charge is 0.454 e. The molecule has 154 valence electrons. The Kier molecular flexibility index (Phi) is 5.15. The average molecular weight is 398 g/mol. The maximum Gasteiger partial charge on any atom is 0.329 e. The van der Waals surface area contributed by atoms with E-state index in [1.165, 1.54) is 6.92 Å². The van der Waals surface area contributed by atoms with Gasteiger partial charge < -0.3 is 10.1 Å². The van der Waals surface area contributed by atoms with Gasteiger partial charge in [-0.25, -0.2) is 4.79 Å². The van der Waals surface area contributed by atoms with Crippen molar-refractivity contribution in [3.8, 4) is 0 Å². The van der Waals surface area contributed by atoms with E-state index in [4.69, 9.17) is 4.74 Å². The van der Waals surface area contributed by atoms with Crippen LogP contribution in [0.15, 0.2) is 24.3 Å². The fourth-order valence-corrected chi connectivity index (χ4v) is 5.31. The number of benzene rings is 1. The van der Waals surface area contributed by atoms with Gasteiger partial charge in [-0.05, 0) is 56.1 Å². The minimum Gasteiger partial charge on any atom is -0.454 e. The predicted octanol–water partition coefficient (Wildman–Crippen LogP) is 2.15. The Morgan fingerprint density at radius 1 is 1.14 bits per heavy atom. The van der Waals surface area contributed by atoms with E-state index in [2.05, 4.69) is 5.32 Å². The number of anilines is 1. The Balaban J connectivity index is 1.35. The van der Waals surface area contributed by atoms with Crippen molar-refractivity contribution in [2.24, 2.45) is 23.7 Å². The van der Waals surface area contributed by atoms with Crippen LogP contribution >= 0.6 is 0 Å². The van der Waals surface area contributed by atoms with Gasteiger partial charge in [-0.15, -0.1) is 0 Å². The van der Waals surface area contributed by atoms with Crippen LogP contribution in [0.4, 0.5) is 5.69 Å². The van der Waals surface area contributed by atoms with Crippen LogP contribution in [0, 0.1) is 23.7 Å². The number of fused-ring (bicyclic) bond motifs is 5. The van der Waals surface area contributed by atoms with Crippen molar-refractivity contribution in [2.45, 2.75) is 45.6 Å². The minimum atomic E-state index is -1.02. The Labute approximate surface area is 169 Å². The third-order valence-corrected chi connectivity index (χ3v) is 6.71. The van der Waals surface area contributed by atoms with Crippen molar-refractivity contribution in [1.82, 2.24) is 4.90 Å². The Morgan fingerprint density at radius 2 is 1.76 bits per heavy atom. The molecule has 2 aliphatic carbocycles. The normalized spacial score (nSPS) is 28.4. The molecule has 0 unspecified atom stereocenters. The molecular weight excluding hydrogens is 372 g/mol. The fourth-order valence-electron chi connectivity index (χ4n) is 5.31. The van der Waals surface area contributed by atoms with Crippen molar-refractivity contribution in [2.75, 3.05) is 11.9 Å². The van der Waals surface area contributed by atoms with Crippen molar-refractivity contribution in [1.29, 1.82) is 0 Å². The zero-order valence-electron chi connectivity index (χ0n) is 16.7. The smallest absolute Gasteiger partial charge is 0.329 e. The lowest BCUT2D eigenvalue weighted by Crippen LogP contribution is -2.45. The molecule has 1 aromatic rings. The number of amides is 3. The number of likely N-dealkylation sites (tertiary alicyclic amines) is 1. The highest BCUT2D eigenvalue weighted by atomic mass is 16.5. The highest BCUT2D eigenvalue weighted by molar-refractivity contribution is 6.08. The lowest BCUT2D eigenvalue weighted by molar-refractivity contribution is -0.159. The van der Waals surface area contributed by atoms with E-state index >= 15 is 0 Å². The lowest BCUT2D eigenvalue weighted by Gasteiger charge is -2.23. The van der Waals surface area contributed by atoms with Gasteiger partial charge in [-0.1, -0.05) is 25.1 Å². The summed E-state index contributed by atoms with van der Waals surface area (Å²) in [7, 11) is 0. The summed E-state index contributed by atoms with van der Waals surface area (Å²) in [5.74, 6) is -1.72. The highest BCUT2D eigenvalue weighted by Gasteiger charge is 2.62. The van der Waals surface area contributed by atoms with Crippen LogP contribution in [0.1, 0.15) is 38.7 Å². The summed E-state index contributed by atoms with van der Waals surface area (Å²) in [6.45, 7) is 3.01. The minimum absolute atomic E-state index is 0.252. The first-order chi connectivity index (χ1) is 13.9. The Bertz CT molecular complexity index is 839. The van der Waals surface area contributed by atoms with E-state index in [0.717, 1.165) is 36.1 Å². The number of esters is 1. The van der Waals surface area contributed by atoms with E-state index in [-0.39, 0.29) is 35.5 Å². The summed E-state index contributed by atoms with van der Waals surface area (Å²) in [4.78, 5) is 51.3. The first-order valence-electron chi connectivity index (χ1n) is 10.3. The van der Waals surface area contributed by atoms with Crippen LogP contribution in [0.25, 0.3) is 0 Å². The quantitative estimate of drug-likeness (QED) is 0.585. The van der Waals surface area contributed by atoms with Gasteiger partial charge in [0.25, 0.3) is 5.91 Å². The SMILES string of the molecule is CCc1ccccc1NC(=O)COC(=O)[C@@H](C)N1C(=O)[C@H]2[C@H]3CC[C@@H](C3)[C@@H]2C1=O. The molecule has 3 fully saturated rings. The monoisotopic (exact) mass is 398 g/mol. The number of nitrogens with zero attached hydrogens (tertiary/aromatic N) is 1. The molecule has 3 amide bonds. The first kappa shape index (κ1) is 19.6. The number of carbonyl (C=O) groups excluding carboxylic acids is 4. The maximum absolute atomic E-state index is 12.8. The number of carbonyl (C=O) groups is 4. The molecule has 1 N–H and O–H groups in total. The molecule has 1 aromatic carbocycles. The van der Waals surface area contributed by atoms with Crippen LogP contribution in [0.2, 0.25) is 0 Å². The summed E-state index contributed by atoms with van der Waals surface area (Å²) >= 11 is 0. The summed E-state index contributed by atoms with van der Waals surface area (Å²) < 4.78 is 5.11. The van der Waals surface area contributed by atoms with Crippen molar-refractivity contribution in [3.63, 3.8) is 0 Å². The molecule has 5 atom stereocenters. The van der Waals surface area contributed by atoms with E-state index < -0.39 is 24.5 Å². The van der Waals surface area contributed by atoms with Gasteiger partial charge in [0, 0.05) is 5.69 Å². The van der Waals surface area contributed by atoms with Gasteiger partial charge in [0.1, 0.15) is 6.04 Å². The molecule has 3 aliphatic rings. The average Bonchev–Trinajstić information content (AvgIpc) is 3.40. The van der Waals surface area contributed by atoms with E-state index in [1.54, 1.807) is 6.07 Å². The van der Waals surface area contributed by atoms with Gasteiger partial charge in [0.15, 0.2) is 6.61 Å². The molecule has 0 aromatic heterocycles. The number of hydrogen-bond acceptors (Lipinski definition) is 5. The molecule has 1 heterocycles. The standard InChI is InChI=1S/C22H26N2O5/c1-3-13-6-4-5-7-16(13)23-17(25)11-29-22(28)12(2)24-20(26)18-14-8-9-15(10-14)19(18)21(24)27/h4-7,12,14-15,18-19H,3,8-11H2,1-2H3,(H,23,25)/t12-,14+,15+,18+,19+/m1/s1. The number of aryl methyl sites for hydroxylation is 1. The number of ether oxygens (including phenoxy) is 1. The van der Waals surface area contributed by atoms with Crippen LogP contribution in [0.5, 0.6) is 0 Å². The molecule has 2 saturated carbocycles. The number of para-hydroxylation sites is 1. The molecule has 1 saturated heterocycles. The van der Waals surface area contributed by atoms with E-state index in [1.807, 2.05) is 25.1 Å². The number of hydrogen-bond donors (Lipinski definition) is 1. The predicted molar refractivity (Wildman–Crippen MR) is 105 cm³/mol. The van der Waals surface area contributed by atoms with Crippen LogP contribution in [-0.2, 0) is 30.3 Å². The second-order valence-corrected chi connectivity index (χ2v) is 8.27. The molecule has 0 spiro atoms. The van der Waals surface area contributed by atoms with E-state index in [9.17, 15) is 19.2 Å². The lowest BCUT2D eigenvalue weighted by atomic mass is 9.81. The van der Waals surface area contributed by atoms with Crippen LogP contribution in [-0.4, -0.2) is 41.2 Å². The highest BCUT2D eigenvalue weighted by Crippen LogP contribution is 2.56. The summed E-state index contributed by atoms with van der Waals surface area (Å²) in [5.41, 5.74) is 1.66. The van der Waals surface area contributed by atoms with Crippen molar-refractivity contribution < 1.29 is 23.9 Å². The number of rotatable bonds is 6. The first-order valence-corrected chi connectivity index (χ1v) is 10.3.